The van der Waals surface area contributed by atoms with Crippen LogP contribution in [0.5, 0.6) is 0 Å². The van der Waals surface area contributed by atoms with Crippen LogP contribution in [-0.4, -0.2) is 39.8 Å². The Morgan fingerprint density at radius 2 is 2.12 bits per heavy atom. The average Bonchev–Trinajstić information content (AvgIpc) is 3.02. The highest BCUT2D eigenvalue weighted by molar-refractivity contribution is 5.77. The largest absolute Gasteiger partial charge is 0.391 e. The minimum Gasteiger partial charge on any atom is -0.391 e. The molecule has 2 aromatic rings. The van der Waals surface area contributed by atoms with Crippen molar-refractivity contribution >= 4 is 5.91 Å². The second-order valence-corrected chi connectivity index (χ2v) is 6.73. The van der Waals surface area contributed by atoms with Crippen molar-refractivity contribution in [3.63, 3.8) is 0 Å². The quantitative estimate of drug-likeness (QED) is 0.866. The van der Waals surface area contributed by atoms with Crippen molar-refractivity contribution in [3.05, 3.63) is 57.6 Å². The maximum Gasteiger partial charge on any atom is 0.280 e. The van der Waals surface area contributed by atoms with E-state index in [1.807, 2.05) is 31.2 Å². The van der Waals surface area contributed by atoms with Gasteiger partial charge >= 0.3 is 0 Å². The van der Waals surface area contributed by atoms with E-state index in [-0.39, 0.29) is 23.9 Å². The maximum atomic E-state index is 12.7. The SMILES string of the molecule is Cc1ccc(C[C@H]2[C@@H](O)CCCN2C(=O)CCc2cc(=O)[nH]o2)cc1. The van der Waals surface area contributed by atoms with Crippen molar-refractivity contribution < 1.29 is 14.4 Å². The number of aromatic nitrogens is 1. The molecule has 134 valence electrons. The first-order valence-corrected chi connectivity index (χ1v) is 8.73. The number of aryl methyl sites for hydroxylation is 2. The van der Waals surface area contributed by atoms with Crippen LogP contribution >= 0.6 is 0 Å². The first-order chi connectivity index (χ1) is 12.0. The van der Waals surface area contributed by atoms with Gasteiger partial charge < -0.3 is 14.5 Å². The Morgan fingerprint density at radius 3 is 2.80 bits per heavy atom. The van der Waals surface area contributed by atoms with Crippen molar-refractivity contribution in [2.45, 2.75) is 51.2 Å². The van der Waals surface area contributed by atoms with Gasteiger partial charge in [-0.1, -0.05) is 29.8 Å². The van der Waals surface area contributed by atoms with Gasteiger partial charge in [0.05, 0.1) is 12.1 Å². The molecule has 0 spiro atoms. The molecule has 0 unspecified atom stereocenters. The van der Waals surface area contributed by atoms with Crippen LogP contribution in [-0.2, 0) is 17.6 Å². The lowest BCUT2D eigenvalue weighted by atomic mass is 9.92. The first kappa shape index (κ1) is 17.5. The number of aromatic amines is 1. The molecule has 3 rings (SSSR count). The molecule has 1 aromatic carbocycles. The van der Waals surface area contributed by atoms with E-state index in [4.69, 9.17) is 4.52 Å². The molecule has 6 nitrogen and oxygen atoms in total. The molecule has 0 aliphatic carbocycles. The van der Waals surface area contributed by atoms with Gasteiger partial charge in [-0.15, -0.1) is 0 Å². The number of rotatable bonds is 5. The van der Waals surface area contributed by atoms with Gasteiger partial charge in [0.1, 0.15) is 5.76 Å². The Kier molecular flexibility index (Phi) is 5.38. The van der Waals surface area contributed by atoms with E-state index < -0.39 is 6.10 Å². The minimum atomic E-state index is -0.510. The fourth-order valence-electron chi connectivity index (χ4n) is 3.38. The van der Waals surface area contributed by atoms with E-state index in [9.17, 15) is 14.7 Å². The van der Waals surface area contributed by atoms with Crippen LogP contribution in [0.2, 0.25) is 0 Å². The average molecular weight is 344 g/mol. The number of nitrogens with zero attached hydrogens (tertiary/aromatic N) is 1. The Bertz CT molecular complexity index is 762. The number of aliphatic hydroxyl groups excluding tert-OH is 1. The molecule has 1 aliphatic heterocycles. The summed E-state index contributed by atoms with van der Waals surface area (Å²) in [5, 5.41) is 12.7. The second kappa shape index (κ2) is 7.70. The molecule has 0 radical (unpaired) electrons. The number of likely N-dealkylation sites (tertiary alicyclic amines) is 1. The van der Waals surface area contributed by atoms with E-state index >= 15 is 0 Å². The summed E-state index contributed by atoms with van der Waals surface area (Å²) in [5.74, 6) is 0.464. The van der Waals surface area contributed by atoms with Crippen LogP contribution in [0, 0.1) is 6.92 Å². The molecule has 2 atom stereocenters. The molecule has 0 saturated carbocycles. The Morgan fingerprint density at radius 1 is 1.36 bits per heavy atom. The highest BCUT2D eigenvalue weighted by Crippen LogP contribution is 2.23. The lowest BCUT2D eigenvalue weighted by molar-refractivity contribution is -0.138. The summed E-state index contributed by atoms with van der Waals surface area (Å²) in [6.45, 7) is 2.69. The van der Waals surface area contributed by atoms with Crippen LogP contribution in [0.4, 0.5) is 0 Å². The molecular formula is C19H24N2O4. The van der Waals surface area contributed by atoms with E-state index in [1.165, 1.54) is 11.6 Å². The summed E-state index contributed by atoms with van der Waals surface area (Å²) >= 11 is 0. The molecule has 0 bridgehead atoms. The molecule has 1 amide bonds. The van der Waals surface area contributed by atoms with E-state index in [1.54, 1.807) is 4.90 Å². The summed E-state index contributed by atoms with van der Waals surface area (Å²) in [6.07, 6.45) is 2.29. The molecule has 1 aliphatic rings. The molecule has 1 fully saturated rings. The number of nitrogens with one attached hydrogen (secondary N) is 1. The second-order valence-electron chi connectivity index (χ2n) is 6.73. The van der Waals surface area contributed by atoms with Crippen LogP contribution in [0.25, 0.3) is 0 Å². The highest BCUT2D eigenvalue weighted by Gasteiger charge is 2.33. The fourth-order valence-corrected chi connectivity index (χ4v) is 3.38. The van der Waals surface area contributed by atoms with Gasteiger partial charge in [0, 0.05) is 25.5 Å². The van der Waals surface area contributed by atoms with Crippen molar-refractivity contribution in [1.29, 1.82) is 0 Å². The van der Waals surface area contributed by atoms with Gasteiger partial charge in [0.2, 0.25) is 5.91 Å². The molecular weight excluding hydrogens is 320 g/mol. The molecule has 2 heterocycles. The topological polar surface area (TPSA) is 86.5 Å². The third-order valence-electron chi connectivity index (χ3n) is 4.79. The van der Waals surface area contributed by atoms with Crippen molar-refractivity contribution in [2.24, 2.45) is 0 Å². The normalized spacial score (nSPS) is 20.6. The van der Waals surface area contributed by atoms with Crippen LogP contribution in [0.3, 0.4) is 0 Å². The number of carbonyl (C=O) groups is 1. The zero-order chi connectivity index (χ0) is 17.8. The molecule has 25 heavy (non-hydrogen) atoms. The van der Waals surface area contributed by atoms with Crippen LogP contribution in [0.15, 0.2) is 39.6 Å². The lowest BCUT2D eigenvalue weighted by Crippen LogP contribution is -2.52. The predicted molar refractivity (Wildman–Crippen MR) is 93.3 cm³/mol. The number of benzene rings is 1. The van der Waals surface area contributed by atoms with E-state index in [0.29, 0.717) is 31.6 Å². The number of aliphatic hydroxyl groups is 1. The summed E-state index contributed by atoms with van der Waals surface area (Å²) in [7, 11) is 0. The van der Waals surface area contributed by atoms with Gasteiger partial charge in [-0.3, -0.25) is 9.59 Å². The smallest absolute Gasteiger partial charge is 0.280 e. The Balaban J connectivity index is 1.66. The zero-order valence-electron chi connectivity index (χ0n) is 14.4. The van der Waals surface area contributed by atoms with Gasteiger partial charge in [0.25, 0.3) is 5.56 Å². The first-order valence-electron chi connectivity index (χ1n) is 8.73. The lowest BCUT2D eigenvalue weighted by Gasteiger charge is -2.39. The molecule has 1 saturated heterocycles. The number of piperidine rings is 1. The van der Waals surface area contributed by atoms with Gasteiger partial charge in [-0.25, -0.2) is 0 Å². The predicted octanol–water partition coefficient (Wildman–Crippen LogP) is 1.80. The highest BCUT2D eigenvalue weighted by atomic mass is 16.5. The summed E-state index contributed by atoms with van der Waals surface area (Å²) in [6, 6.07) is 9.35. The van der Waals surface area contributed by atoms with Gasteiger partial charge in [0.15, 0.2) is 0 Å². The molecule has 1 aromatic heterocycles. The van der Waals surface area contributed by atoms with E-state index in [2.05, 4.69) is 5.16 Å². The van der Waals surface area contributed by atoms with Crippen molar-refractivity contribution in [3.8, 4) is 0 Å². The van der Waals surface area contributed by atoms with Crippen LogP contribution in [0.1, 0.15) is 36.1 Å². The summed E-state index contributed by atoms with van der Waals surface area (Å²) in [4.78, 5) is 25.5. The number of H-pyrrole nitrogens is 1. The Labute approximate surface area is 146 Å². The monoisotopic (exact) mass is 344 g/mol. The van der Waals surface area contributed by atoms with Crippen molar-refractivity contribution in [2.75, 3.05) is 6.54 Å². The number of hydrogen-bond acceptors (Lipinski definition) is 4. The van der Waals surface area contributed by atoms with Crippen LogP contribution < -0.4 is 5.56 Å². The van der Waals surface area contributed by atoms with Gasteiger partial charge in [-0.2, -0.15) is 5.16 Å². The minimum absolute atomic E-state index is 0.0142. The fraction of sp³-hybridized carbons (Fsp3) is 0.474. The summed E-state index contributed by atoms with van der Waals surface area (Å²) < 4.78 is 5.00. The third-order valence-corrected chi connectivity index (χ3v) is 4.79. The Hall–Kier alpha value is -2.34. The number of amides is 1. The van der Waals surface area contributed by atoms with E-state index in [0.717, 1.165) is 12.0 Å². The molecule has 6 heteroatoms. The summed E-state index contributed by atoms with van der Waals surface area (Å²) in [5.41, 5.74) is 2.01. The maximum absolute atomic E-state index is 12.7. The standard InChI is InChI=1S/C19H24N2O4/c1-13-4-6-14(7-5-13)11-16-17(22)3-2-10-21(16)19(24)9-8-15-12-18(23)20-25-15/h4-7,12,16-17,22H,2-3,8-11H2,1H3,(H,20,23)/t16-,17-/m0/s1. The number of hydrogen-bond donors (Lipinski definition) is 2. The van der Waals surface area contributed by atoms with Crippen molar-refractivity contribution in [1.82, 2.24) is 10.1 Å². The third kappa shape index (κ3) is 4.39. The zero-order valence-corrected chi connectivity index (χ0v) is 14.4. The van der Waals surface area contributed by atoms with Gasteiger partial charge in [-0.05, 0) is 31.7 Å². The number of carbonyl (C=O) groups excluding carboxylic acids is 1. The molecule has 2 N–H and O–H groups in total.